The van der Waals surface area contributed by atoms with Crippen LogP contribution < -0.4 is 5.32 Å². The van der Waals surface area contributed by atoms with Crippen molar-refractivity contribution in [3.63, 3.8) is 0 Å². The van der Waals surface area contributed by atoms with Crippen molar-refractivity contribution in [2.75, 3.05) is 19.6 Å². The van der Waals surface area contributed by atoms with Gasteiger partial charge in [-0.05, 0) is 61.8 Å². The van der Waals surface area contributed by atoms with Gasteiger partial charge in [-0.3, -0.25) is 9.59 Å². The minimum absolute atomic E-state index is 0.112. The number of nitrogens with zero attached hydrogens (tertiary/aromatic N) is 2. The van der Waals surface area contributed by atoms with Gasteiger partial charge in [-0.1, -0.05) is 56.3 Å². The summed E-state index contributed by atoms with van der Waals surface area (Å²) in [6, 6.07) is 15.9. The average molecular weight is 514 g/mol. The van der Waals surface area contributed by atoms with E-state index in [1.165, 1.54) is 4.31 Å². The molecular weight excluding hydrogens is 474 g/mol. The Morgan fingerprint density at radius 1 is 0.944 bits per heavy atom. The average Bonchev–Trinajstić information content (AvgIpc) is 3.42. The molecule has 1 atom stereocenters. The summed E-state index contributed by atoms with van der Waals surface area (Å²) in [5.41, 5.74) is 1.85. The van der Waals surface area contributed by atoms with Crippen LogP contribution in [0.15, 0.2) is 59.5 Å². The van der Waals surface area contributed by atoms with E-state index < -0.39 is 16.1 Å². The summed E-state index contributed by atoms with van der Waals surface area (Å²) < 4.78 is 27.0. The van der Waals surface area contributed by atoms with Crippen molar-refractivity contribution in [1.29, 1.82) is 0 Å². The molecule has 8 heteroatoms. The molecule has 0 spiro atoms. The first-order valence-electron chi connectivity index (χ1n) is 12.9. The van der Waals surface area contributed by atoms with Gasteiger partial charge in [-0.2, -0.15) is 4.31 Å². The Balaban J connectivity index is 1.65. The fraction of sp³-hybridized carbons (Fsp3) is 0.500. The summed E-state index contributed by atoms with van der Waals surface area (Å²) >= 11 is 0. The molecule has 1 unspecified atom stereocenters. The van der Waals surface area contributed by atoms with Crippen LogP contribution in [0.5, 0.6) is 0 Å². The molecule has 1 aliphatic heterocycles. The highest BCUT2D eigenvalue weighted by atomic mass is 32.2. The summed E-state index contributed by atoms with van der Waals surface area (Å²) in [5.74, 6) is 0.218. The van der Waals surface area contributed by atoms with Crippen LogP contribution in [0.3, 0.4) is 0 Å². The number of sulfonamides is 1. The van der Waals surface area contributed by atoms with Crippen LogP contribution in [0.4, 0.5) is 0 Å². The van der Waals surface area contributed by atoms with Crippen LogP contribution in [-0.4, -0.2) is 55.1 Å². The van der Waals surface area contributed by atoms with Crippen molar-refractivity contribution in [2.45, 2.75) is 70.4 Å². The number of hydrogen-bond donors (Lipinski definition) is 1. The number of hydrogen-bond acceptors (Lipinski definition) is 4. The predicted molar refractivity (Wildman–Crippen MR) is 142 cm³/mol. The summed E-state index contributed by atoms with van der Waals surface area (Å²) in [6.45, 7) is 8.05. The molecule has 3 rings (SSSR count). The van der Waals surface area contributed by atoms with E-state index in [0.29, 0.717) is 38.5 Å². The molecule has 1 saturated heterocycles. The van der Waals surface area contributed by atoms with Crippen molar-refractivity contribution >= 4 is 21.8 Å². The Morgan fingerprint density at radius 3 is 2.19 bits per heavy atom. The van der Waals surface area contributed by atoms with Gasteiger partial charge in [0.05, 0.1) is 4.90 Å². The Morgan fingerprint density at radius 2 is 1.58 bits per heavy atom. The van der Waals surface area contributed by atoms with Gasteiger partial charge in [-0.15, -0.1) is 0 Å². The van der Waals surface area contributed by atoms with E-state index in [2.05, 4.69) is 19.2 Å². The van der Waals surface area contributed by atoms with Gasteiger partial charge in [0.15, 0.2) is 0 Å². The Hall–Kier alpha value is -2.71. The number of nitrogens with one attached hydrogen (secondary N) is 1. The maximum absolute atomic E-state index is 13.3. The number of amides is 2. The largest absolute Gasteiger partial charge is 0.354 e. The summed E-state index contributed by atoms with van der Waals surface area (Å²) in [7, 11) is -3.46. The SMILES string of the molecule is CC(C)CCNC(=O)C(C)N(Cc1ccccc1)C(=O)CCc1ccc(S(=O)(=O)N2CCCC2)cc1. The zero-order chi connectivity index (χ0) is 26.1. The maximum Gasteiger partial charge on any atom is 0.243 e. The lowest BCUT2D eigenvalue weighted by atomic mass is 10.1. The fourth-order valence-electron chi connectivity index (χ4n) is 4.30. The minimum Gasteiger partial charge on any atom is -0.354 e. The first-order chi connectivity index (χ1) is 17.2. The molecule has 0 aromatic heterocycles. The summed E-state index contributed by atoms with van der Waals surface area (Å²) in [5, 5.41) is 2.96. The lowest BCUT2D eigenvalue weighted by Crippen LogP contribution is -2.48. The summed E-state index contributed by atoms with van der Waals surface area (Å²) in [6.07, 6.45) is 3.37. The Kier molecular flexibility index (Phi) is 10.1. The van der Waals surface area contributed by atoms with Crippen molar-refractivity contribution in [3.05, 3.63) is 65.7 Å². The molecule has 2 aromatic carbocycles. The predicted octanol–water partition coefficient (Wildman–Crippen LogP) is 3.98. The molecule has 7 nitrogen and oxygen atoms in total. The van der Waals surface area contributed by atoms with Crippen LogP contribution in [-0.2, 0) is 32.6 Å². The second-order valence-electron chi connectivity index (χ2n) is 9.91. The highest BCUT2D eigenvalue weighted by Crippen LogP contribution is 2.21. The molecule has 2 amide bonds. The number of rotatable bonds is 12. The molecule has 36 heavy (non-hydrogen) atoms. The lowest BCUT2D eigenvalue weighted by molar-refractivity contribution is -0.140. The van der Waals surface area contributed by atoms with Crippen molar-refractivity contribution in [1.82, 2.24) is 14.5 Å². The highest BCUT2D eigenvalue weighted by molar-refractivity contribution is 7.89. The molecule has 1 aliphatic rings. The Bertz CT molecular complexity index is 1100. The second kappa shape index (κ2) is 13.0. The minimum atomic E-state index is -3.46. The van der Waals surface area contributed by atoms with Crippen molar-refractivity contribution < 1.29 is 18.0 Å². The quantitative estimate of drug-likeness (QED) is 0.465. The molecular formula is C28H39N3O4S. The van der Waals surface area contributed by atoms with Gasteiger partial charge in [0.1, 0.15) is 6.04 Å². The monoisotopic (exact) mass is 513 g/mol. The van der Waals surface area contributed by atoms with Gasteiger partial charge in [-0.25, -0.2) is 8.42 Å². The zero-order valence-electron chi connectivity index (χ0n) is 21.7. The van der Waals surface area contributed by atoms with E-state index in [4.69, 9.17) is 0 Å². The van der Waals surface area contributed by atoms with E-state index >= 15 is 0 Å². The molecule has 0 aliphatic carbocycles. The van der Waals surface area contributed by atoms with E-state index in [9.17, 15) is 18.0 Å². The van der Waals surface area contributed by atoms with Crippen LogP contribution in [0.25, 0.3) is 0 Å². The fourth-order valence-corrected chi connectivity index (χ4v) is 5.81. The van der Waals surface area contributed by atoms with Crippen LogP contribution in [0.1, 0.15) is 57.6 Å². The molecule has 0 saturated carbocycles. The molecule has 196 valence electrons. The Labute approximate surface area is 215 Å². The topological polar surface area (TPSA) is 86.8 Å². The van der Waals surface area contributed by atoms with Gasteiger partial charge in [0.25, 0.3) is 0 Å². The van der Waals surface area contributed by atoms with E-state index in [0.717, 1.165) is 30.4 Å². The summed E-state index contributed by atoms with van der Waals surface area (Å²) in [4.78, 5) is 28.0. The third kappa shape index (κ3) is 7.64. The molecule has 0 radical (unpaired) electrons. The number of benzene rings is 2. The number of carbonyl (C=O) groups is 2. The molecule has 1 N–H and O–H groups in total. The first-order valence-corrected chi connectivity index (χ1v) is 14.3. The van der Waals surface area contributed by atoms with Gasteiger partial charge in [0.2, 0.25) is 21.8 Å². The normalized spacial score (nSPS) is 15.1. The van der Waals surface area contributed by atoms with Gasteiger partial charge in [0, 0.05) is 32.6 Å². The smallest absolute Gasteiger partial charge is 0.243 e. The van der Waals surface area contributed by atoms with Crippen molar-refractivity contribution in [2.24, 2.45) is 5.92 Å². The van der Waals surface area contributed by atoms with Crippen molar-refractivity contribution in [3.8, 4) is 0 Å². The van der Waals surface area contributed by atoms with Crippen LogP contribution >= 0.6 is 0 Å². The lowest BCUT2D eigenvalue weighted by Gasteiger charge is -2.29. The molecule has 2 aromatic rings. The number of carbonyl (C=O) groups excluding carboxylic acids is 2. The van der Waals surface area contributed by atoms with Crippen LogP contribution in [0.2, 0.25) is 0 Å². The number of aryl methyl sites for hydroxylation is 1. The highest BCUT2D eigenvalue weighted by Gasteiger charge is 2.28. The third-order valence-electron chi connectivity index (χ3n) is 6.64. The molecule has 0 bridgehead atoms. The van der Waals surface area contributed by atoms with Gasteiger partial charge >= 0.3 is 0 Å². The standard InChI is InChI=1S/C28H39N3O4S/c1-22(2)17-18-29-28(33)23(3)31(21-25-9-5-4-6-10-25)27(32)16-13-24-11-14-26(15-12-24)36(34,35)30-19-7-8-20-30/h4-6,9-12,14-15,22-23H,7-8,13,16-21H2,1-3H3,(H,29,33). The zero-order valence-corrected chi connectivity index (χ0v) is 22.5. The van der Waals surface area contributed by atoms with Crippen LogP contribution in [0, 0.1) is 5.92 Å². The van der Waals surface area contributed by atoms with E-state index in [1.54, 1.807) is 36.1 Å². The third-order valence-corrected chi connectivity index (χ3v) is 8.55. The molecule has 1 fully saturated rings. The molecule has 1 heterocycles. The van der Waals surface area contributed by atoms with Gasteiger partial charge < -0.3 is 10.2 Å². The second-order valence-corrected chi connectivity index (χ2v) is 11.8. The van der Waals surface area contributed by atoms with E-state index in [1.807, 2.05) is 30.3 Å². The first kappa shape index (κ1) is 27.9. The maximum atomic E-state index is 13.3. The van der Waals surface area contributed by atoms with E-state index in [-0.39, 0.29) is 23.1 Å².